The molecule has 0 bridgehead atoms. The van der Waals surface area contributed by atoms with Gasteiger partial charge in [-0.3, -0.25) is 4.99 Å². The summed E-state index contributed by atoms with van der Waals surface area (Å²) in [4.78, 5) is 6.84. The van der Waals surface area contributed by atoms with Crippen molar-refractivity contribution < 1.29 is 0 Å². The summed E-state index contributed by atoms with van der Waals surface area (Å²) in [5, 5.41) is 7.91. The Kier molecular flexibility index (Phi) is 5.38. The Morgan fingerprint density at radius 2 is 2.35 bits per heavy atom. The van der Waals surface area contributed by atoms with Crippen molar-refractivity contribution in [2.45, 2.75) is 31.4 Å². The Morgan fingerprint density at radius 3 is 2.95 bits per heavy atom. The van der Waals surface area contributed by atoms with E-state index in [1.807, 2.05) is 7.05 Å². The van der Waals surface area contributed by atoms with Gasteiger partial charge in [-0.2, -0.15) is 23.1 Å². The van der Waals surface area contributed by atoms with E-state index in [9.17, 15) is 0 Å². The zero-order chi connectivity index (χ0) is 14.6. The summed E-state index contributed by atoms with van der Waals surface area (Å²) >= 11 is 3.82. The zero-order valence-electron chi connectivity index (χ0n) is 12.8. The number of thiophene rings is 1. The molecule has 3 nitrogen and oxygen atoms in total. The lowest BCUT2D eigenvalue weighted by atomic mass is 10.1. The second-order valence-electron chi connectivity index (χ2n) is 5.92. The molecule has 20 heavy (non-hydrogen) atoms. The number of guanidine groups is 1. The molecule has 1 aromatic heterocycles. The first-order valence-electron chi connectivity index (χ1n) is 7.13. The zero-order valence-corrected chi connectivity index (χ0v) is 14.5. The van der Waals surface area contributed by atoms with Gasteiger partial charge in [-0.25, -0.2) is 0 Å². The minimum atomic E-state index is 0.314. The first-order valence-corrected chi connectivity index (χ1v) is 9.06. The highest BCUT2D eigenvalue weighted by Crippen LogP contribution is 2.29. The molecule has 1 fully saturated rings. The van der Waals surface area contributed by atoms with Crippen molar-refractivity contribution in [2.24, 2.45) is 4.99 Å². The van der Waals surface area contributed by atoms with Crippen molar-refractivity contribution >= 4 is 29.1 Å². The van der Waals surface area contributed by atoms with Crippen molar-refractivity contribution in [3.63, 3.8) is 0 Å². The van der Waals surface area contributed by atoms with E-state index in [2.05, 4.69) is 64.6 Å². The average molecular weight is 312 g/mol. The molecule has 0 spiro atoms. The topological polar surface area (TPSA) is 27.6 Å². The van der Waals surface area contributed by atoms with Crippen LogP contribution in [0.15, 0.2) is 21.8 Å². The van der Waals surface area contributed by atoms with E-state index < -0.39 is 0 Å². The molecule has 2 heterocycles. The van der Waals surface area contributed by atoms with E-state index in [0.717, 1.165) is 25.6 Å². The molecule has 0 aliphatic carbocycles. The summed E-state index contributed by atoms with van der Waals surface area (Å²) in [7, 11) is 1.88. The molecule has 1 atom stereocenters. The summed E-state index contributed by atoms with van der Waals surface area (Å²) < 4.78 is 0.314. The lowest BCUT2D eigenvalue weighted by molar-refractivity contribution is 0.375. The first-order chi connectivity index (χ1) is 9.52. The predicted molar refractivity (Wildman–Crippen MR) is 92.2 cm³/mol. The number of thioether (sulfide) groups is 1. The molecular formula is C15H25N3S2. The first kappa shape index (κ1) is 15.7. The van der Waals surface area contributed by atoms with E-state index in [0.29, 0.717) is 10.7 Å². The van der Waals surface area contributed by atoms with Crippen LogP contribution in [0.1, 0.15) is 32.3 Å². The molecule has 1 N–H and O–H groups in total. The molecule has 0 amide bonds. The number of hydrogen-bond acceptors (Lipinski definition) is 3. The van der Waals surface area contributed by atoms with Crippen LogP contribution in [-0.4, -0.2) is 48.0 Å². The fraction of sp³-hybridized carbons (Fsp3) is 0.667. The number of hydrogen-bond donors (Lipinski definition) is 1. The molecule has 112 valence electrons. The summed E-state index contributed by atoms with van der Waals surface area (Å²) in [6.07, 6.45) is 0. The molecule has 1 aliphatic heterocycles. The Hall–Kier alpha value is -0.680. The molecule has 1 aliphatic rings. The van der Waals surface area contributed by atoms with Crippen molar-refractivity contribution in [1.82, 2.24) is 10.2 Å². The van der Waals surface area contributed by atoms with E-state index in [1.165, 1.54) is 11.3 Å². The summed E-state index contributed by atoms with van der Waals surface area (Å²) in [5.74, 6) is 2.74. The van der Waals surface area contributed by atoms with Crippen LogP contribution in [0.25, 0.3) is 0 Å². The van der Waals surface area contributed by atoms with Crippen LogP contribution in [0.5, 0.6) is 0 Å². The standard InChI is InChI=1S/C15H25N3S2/c1-12(13-5-7-19-10-13)9-17-14(16-4)18-6-8-20-15(2,3)11-18/h5,7,10,12H,6,8-9,11H2,1-4H3,(H,16,17). The van der Waals surface area contributed by atoms with Gasteiger partial charge in [-0.1, -0.05) is 6.92 Å². The Labute approximate surface area is 130 Å². The molecule has 1 unspecified atom stereocenters. The van der Waals surface area contributed by atoms with Gasteiger partial charge in [-0.15, -0.1) is 0 Å². The van der Waals surface area contributed by atoms with Crippen LogP contribution in [0.2, 0.25) is 0 Å². The minimum absolute atomic E-state index is 0.314. The van der Waals surface area contributed by atoms with Crippen LogP contribution < -0.4 is 5.32 Å². The third kappa shape index (κ3) is 4.16. The van der Waals surface area contributed by atoms with Crippen molar-refractivity contribution in [2.75, 3.05) is 32.4 Å². The highest BCUT2D eigenvalue weighted by Gasteiger charge is 2.28. The van der Waals surface area contributed by atoms with E-state index in [1.54, 1.807) is 11.3 Å². The highest BCUT2D eigenvalue weighted by molar-refractivity contribution is 8.00. The van der Waals surface area contributed by atoms with Crippen LogP contribution >= 0.6 is 23.1 Å². The summed E-state index contributed by atoms with van der Waals surface area (Å²) in [6, 6.07) is 2.21. The normalized spacial score (nSPS) is 20.8. The van der Waals surface area contributed by atoms with Crippen LogP contribution in [0.3, 0.4) is 0 Å². The van der Waals surface area contributed by atoms with Crippen molar-refractivity contribution in [3.8, 4) is 0 Å². The van der Waals surface area contributed by atoms with E-state index in [-0.39, 0.29) is 0 Å². The molecule has 0 radical (unpaired) electrons. The van der Waals surface area contributed by atoms with E-state index >= 15 is 0 Å². The molecule has 0 saturated carbocycles. The van der Waals surface area contributed by atoms with Gasteiger partial charge < -0.3 is 10.2 Å². The summed E-state index contributed by atoms with van der Waals surface area (Å²) in [5.41, 5.74) is 1.41. The molecule has 1 saturated heterocycles. The smallest absolute Gasteiger partial charge is 0.193 e. The minimum Gasteiger partial charge on any atom is -0.356 e. The quantitative estimate of drug-likeness (QED) is 0.686. The molecule has 2 rings (SSSR count). The SMILES string of the molecule is CN=C(NCC(C)c1ccsc1)N1CCSC(C)(C)C1. The lowest BCUT2D eigenvalue weighted by Crippen LogP contribution is -2.51. The number of nitrogens with zero attached hydrogens (tertiary/aromatic N) is 2. The van der Waals surface area contributed by atoms with Gasteiger partial charge in [0, 0.05) is 37.2 Å². The number of nitrogens with one attached hydrogen (secondary N) is 1. The maximum Gasteiger partial charge on any atom is 0.193 e. The highest BCUT2D eigenvalue weighted by atomic mass is 32.2. The Balaban J connectivity index is 1.89. The Morgan fingerprint density at radius 1 is 1.55 bits per heavy atom. The monoisotopic (exact) mass is 311 g/mol. The molecule has 1 aromatic rings. The number of rotatable bonds is 3. The predicted octanol–water partition coefficient (Wildman–Crippen LogP) is 3.25. The molecule has 0 aromatic carbocycles. The third-order valence-corrected chi connectivity index (χ3v) is 5.61. The van der Waals surface area contributed by atoms with Crippen LogP contribution in [0.4, 0.5) is 0 Å². The van der Waals surface area contributed by atoms with Crippen LogP contribution in [-0.2, 0) is 0 Å². The number of aliphatic imine (C=N–C) groups is 1. The van der Waals surface area contributed by atoms with Gasteiger partial charge in [-0.05, 0) is 42.2 Å². The second kappa shape index (κ2) is 6.85. The van der Waals surface area contributed by atoms with Crippen molar-refractivity contribution in [3.05, 3.63) is 22.4 Å². The average Bonchev–Trinajstić information content (AvgIpc) is 2.92. The van der Waals surface area contributed by atoms with Gasteiger partial charge in [0.15, 0.2) is 5.96 Å². The Bertz CT molecular complexity index is 440. The molecule has 5 heteroatoms. The van der Waals surface area contributed by atoms with Gasteiger partial charge >= 0.3 is 0 Å². The maximum atomic E-state index is 4.46. The third-order valence-electron chi connectivity index (χ3n) is 3.62. The second-order valence-corrected chi connectivity index (χ2v) is 8.50. The van der Waals surface area contributed by atoms with Crippen molar-refractivity contribution in [1.29, 1.82) is 0 Å². The fourth-order valence-corrected chi connectivity index (χ4v) is 4.34. The van der Waals surface area contributed by atoms with Gasteiger partial charge in [0.25, 0.3) is 0 Å². The summed E-state index contributed by atoms with van der Waals surface area (Å²) in [6.45, 7) is 9.97. The fourth-order valence-electron chi connectivity index (χ4n) is 2.45. The van der Waals surface area contributed by atoms with Gasteiger partial charge in [0.05, 0.1) is 0 Å². The maximum absolute atomic E-state index is 4.46. The van der Waals surface area contributed by atoms with Gasteiger partial charge in [0.1, 0.15) is 0 Å². The lowest BCUT2D eigenvalue weighted by Gasteiger charge is -2.39. The molecular weight excluding hydrogens is 286 g/mol. The largest absolute Gasteiger partial charge is 0.356 e. The van der Waals surface area contributed by atoms with Crippen LogP contribution in [0, 0.1) is 0 Å². The van der Waals surface area contributed by atoms with E-state index in [4.69, 9.17) is 0 Å². The van der Waals surface area contributed by atoms with Gasteiger partial charge in [0.2, 0.25) is 0 Å².